The van der Waals surface area contributed by atoms with Crippen LogP contribution in [0.4, 0.5) is 5.69 Å². The summed E-state index contributed by atoms with van der Waals surface area (Å²) in [6.45, 7) is 2.09. The molecule has 0 spiro atoms. The Hall–Kier alpha value is -3.74. The molecule has 5 nitrogen and oxygen atoms in total. The third-order valence-electron chi connectivity index (χ3n) is 7.27. The van der Waals surface area contributed by atoms with Crippen LogP contribution in [0, 0.1) is 0 Å². The number of anilines is 1. The van der Waals surface area contributed by atoms with Gasteiger partial charge >= 0.3 is 0 Å². The average Bonchev–Trinajstić information content (AvgIpc) is 3.35. The average molecular weight is 481 g/mol. The molecule has 1 heterocycles. The summed E-state index contributed by atoms with van der Waals surface area (Å²) in [5.41, 5.74) is 6.94. The van der Waals surface area contributed by atoms with E-state index in [-0.39, 0.29) is 16.7 Å². The van der Waals surface area contributed by atoms with Crippen LogP contribution in [0.1, 0.15) is 41.0 Å². The number of amides is 1. The lowest BCUT2D eigenvalue weighted by Crippen LogP contribution is -2.20. The van der Waals surface area contributed by atoms with Gasteiger partial charge in [-0.15, -0.1) is 0 Å². The number of allylic oxidation sites excluding steroid dienone is 1. The van der Waals surface area contributed by atoms with Gasteiger partial charge in [0.2, 0.25) is 15.9 Å². The summed E-state index contributed by atoms with van der Waals surface area (Å²) in [5.74, 6) is -0.824. The number of fused-ring (bicyclic) bond motifs is 3. The third-order valence-corrected chi connectivity index (χ3v) is 8.69. The molecule has 2 N–H and O–H groups in total. The van der Waals surface area contributed by atoms with Crippen molar-refractivity contribution in [2.45, 2.75) is 23.7 Å². The predicted molar refractivity (Wildman–Crippen MR) is 139 cm³/mol. The maximum Gasteiger partial charge on any atom is 0.240 e. The van der Waals surface area contributed by atoms with Gasteiger partial charge in [0.15, 0.2) is 0 Å². The van der Waals surface area contributed by atoms with E-state index in [0.29, 0.717) is 11.3 Å². The molecular formula is C29H24N2O3S. The van der Waals surface area contributed by atoms with Crippen molar-refractivity contribution in [1.29, 1.82) is 0 Å². The molecular weight excluding hydrogens is 456 g/mol. The Morgan fingerprint density at radius 3 is 2.34 bits per heavy atom. The van der Waals surface area contributed by atoms with Crippen molar-refractivity contribution in [3.63, 3.8) is 0 Å². The number of hydrogen-bond acceptors (Lipinski definition) is 3. The molecule has 6 heteroatoms. The van der Waals surface area contributed by atoms with Crippen molar-refractivity contribution in [1.82, 2.24) is 4.72 Å². The minimum Gasteiger partial charge on any atom is -0.325 e. The van der Waals surface area contributed by atoms with Gasteiger partial charge < -0.3 is 5.32 Å². The van der Waals surface area contributed by atoms with Gasteiger partial charge in [-0.3, -0.25) is 4.79 Å². The van der Waals surface area contributed by atoms with E-state index in [9.17, 15) is 13.2 Å². The fraction of sp³-hybridized carbons (Fsp3) is 0.138. The van der Waals surface area contributed by atoms with Gasteiger partial charge in [-0.1, -0.05) is 66.2 Å². The number of sulfonamides is 1. The van der Waals surface area contributed by atoms with Crippen LogP contribution in [0.15, 0.2) is 95.4 Å². The second-order valence-electron chi connectivity index (χ2n) is 9.11. The molecule has 0 radical (unpaired) electrons. The van der Waals surface area contributed by atoms with Crippen molar-refractivity contribution in [3.8, 4) is 0 Å². The number of nitrogens with one attached hydrogen (secondary N) is 2. The molecule has 0 aromatic heterocycles. The first kappa shape index (κ1) is 21.8. The summed E-state index contributed by atoms with van der Waals surface area (Å²) in [4.78, 5) is 13.5. The van der Waals surface area contributed by atoms with Crippen molar-refractivity contribution < 1.29 is 13.2 Å². The van der Waals surface area contributed by atoms with Crippen LogP contribution >= 0.6 is 0 Å². The van der Waals surface area contributed by atoms with Crippen LogP contribution < -0.4 is 10.0 Å². The Morgan fingerprint density at radius 2 is 1.54 bits per heavy atom. The Labute approximate surface area is 204 Å². The quantitative estimate of drug-likeness (QED) is 0.411. The molecule has 35 heavy (non-hydrogen) atoms. The van der Waals surface area contributed by atoms with Crippen LogP contribution in [0.25, 0.3) is 16.3 Å². The molecule has 1 amide bonds. The van der Waals surface area contributed by atoms with E-state index in [0.717, 1.165) is 33.2 Å². The van der Waals surface area contributed by atoms with Gasteiger partial charge in [-0.25, -0.2) is 13.1 Å². The zero-order valence-corrected chi connectivity index (χ0v) is 20.2. The molecule has 174 valence electrons. The number of carbonyl (C=O) groups is 1. The fourth-order valence-corrected chi connectivity index (χ4v) is 6.40. The molecule has 0 saturated carbocycles. The summed E-state index contributed by atoms with van der Waals surface area (Å²) < 4.78 is 27.4. The molecule has 2 atom stereocenters. The molecule has 2 aliphatic rings. The maximum absolute atomic E-state index is 13.3. The molecule has 0 bridgehead atoms. The lowest BCUT2D eigenvalue weighted by molar-refractivity contribution is -0.117. The lowest BCUT2D eigenvalue weighted by Gasteiger charge is -2.21. The van der Waals surface area contributed by atoms with E-state index < -0.39 is 15.9 Å². The first-order valence-corrected chi connectivity index (χ1v) is 13.0. The van der Waals surface area contributed by atoms with Gasteiger partial charge in [-0.2, -0.15) is 0 Å². The maximum atomic E-state index is 13.3. The van der Waals surface area contributed by atoms with E-state index in [4.69, 9.17) is 0 Å². The highest BCUT2D eigenvalue weighted by Gasteiger charge is 2.43. The standard InChI is InChI=1S/C29H24N2O3S/c1-17-26(20-12-11-18-7-3-4-8-19(18)15-20)22-9-5-6-10-23(22)27(17)28-24-16-21(35(33,34)30-2)13-14-25(24)31-29(28)32/h3-16,27-28,30H,1-2H3,(H,31,32). The summed E-state index contributed by atoms with van der Waals surface area (Å²) in [6.07, 6.45) is 0. The van der Waals surface area contributed by atoms with E-state index in [1.807, 2.05) is 24.3 Å². The normalized spacial score (nSPS) is 19.1. The highest BCUT2D eigenvalue weighted by atomic mass is 32.2. The van der Waals surface area contributed by atoms with Crippen LogP contribution in [0.2, 0.25) is 0 Å². The van der Waals surface area contributed by atoms with E-state index in [1.54, 1.807) is 12.1 Å². The van der Waals surface area contributed by atoms with Crippen LogP contribution in [-0.4, -0.2) is 21.4 Å². The number of benzene rings is 4. The molecule has 4 aromatic carbocycles. The SMILES string of the molecule is CNS(=O)(=O)c1ccc2c(c1)C(C1C(C)=C(c3ccc4ccccc4c3)c3ccccc31)C(=O)N2. The number of carbonyl (C=O) groups excluding carboxylic acids is 1. The summed E-state index contributed by atoms with van der Waals surface area (Å²) in [7, 11) is -2.25. The Balaban J connectivity index is 1.54. The smallest absolute Gasteiger partial charge is 0.240 e. The third kappa shape index (κ3) is 3.32. The van der Waals surface area contributed by atoms with E-state index in [2.05, 4.69) is 59.4 Å². The zero-order valence-electron chi connectivity index (χ0n) is 19.4. The van der Waals surface area contributed by atoms with Crippen LogP contribution in [-0.2, 0) is 14.8 Å². The second kappa shape index (κ2) is 7.90. The molecule has 4 aromatic rings. The predicted octanol–water partition coefficient (Wildman–Crippen LogP) is 5.40. The molecule has 2 unspecified atom stereocenters. The minimum atomic E-state index is -3.63. The van der Waals surface area contributed by atoms with Crippen molar-refractivity contribution >= 4 is 38.0 Å². The number of hydrogen-bond donors (Lipinski definition) is 2. The van der Waals surface area contributed by atoms with Crippen molar-refractivity contribution in [2.75, 3.05) is 12.4 Å². The second-order valence-corrected chi connectivity index (χ2v) is 11.0. The summed E-state index contributed by atoms with van der Waals surface area (Å²) in [6, 6.07) is 27.8. The van der Waals surface area contributed by atoms with E-state index in [1.165, 1.54) is 18.5 Å². The van der Waals surface area contributed by atoms with E-state index >= 15 is 0 Å². The van der Waals surface area contributed by atoms with Gasteiger partial charge in [0.05, 0.1) is 10.8 Å². The fourth-order valence-electron chi connectivity index (χ4n) is 5.63. The minimum absolute atomic E-state index is 0.113. The monoisotopic (exact) mass is 480 g/mol. The molecule has 0 saturated heterocycles. The molecule has 0 fully saturated rings. The highest BCUT2D eigenvalue weighted by molar-refractivity contribution is 7.89. The van der Waals surface area contributed by atoms with Gasteiger partial charge in [-0.05, 0) is 76.8 Å². The first-order chi connectivity index (χ1) is 16.9. The van der Waals surface area contributed by atoms with Gasteiger partial charge in [0.1, 0.15) is 0 Å². The Kier molecular flexibility index (Phi) is 4.91. The largest absolute Gasteiger partial charge is 0.325 e. The molecule has 6 rings (SSSR count). The zero-order chi connectivity index (χ0) is 24.3. The number of rotatable bonds is 4. The Bertz CT molecular complexity index is 1670. The summed E-state index contributed by atoms with van der Waals surface area (Å²) >= 11 is 0. The van der Waals surface area contributed by atoms with Gasteiger partial charge in [0.25, 0.3) is 0 Å². The van der Waals surface area contributed by atoms with Crippen LogP contribution in [0.5, 0.6) is 0 Å². The van der Waals surface area contributed by atoms with Crippen molar-refractivity contribution in [2.24, 2.45) is 0 Å². The Morgan fingerprint density at radius 1 is 0.800 bits per heavy atom. The van der Waals surface area contributed by atoms with Gasteiger partial charge in [0, 0.05) is 11.6 Å². The first-order valence-electron chi connectivity index (χ1n) is 11.6. The lowest BCUT2D eigenvalue weighted by atomic mass is 9.80. The molecule has 1 aliphatic carbocycles. The van der Waals surface area contributed by atoms with Crippen molar-refractivity contribution in [3.05, 3.63) is 113 Å². The topological polar surface area (TPSA) is 75.3 Å². The highest BCUT2D eigenvalue weighted by Crippen LogP contribution is 2.54. The summed E-state index contributed by atoms with van der Waals surface area (Å²) in [5, 5.41) is 5.32. The van der Waals surface area contributed by atoms with Crippen LogP contribution in [0.3, 0.4) is 0 Å². The molecule has 1 aliphatic heterocycles.